The Morgan fingerprint density at radius 2 is 1.95 bits per heavy atom. The lowest BCUT2D eigenvalue weighted by Crippen LogP contribution is -2.22. The number of ether oxygens (including phenoxy) is 3. The summed E-state index contributed by atoms with van der Waals surface area (Å²) in [5.74, 6) is 0.395. The summed E-state index contributed by atoms with van der Waals surface area (Å²) in [6, 6.07) is 4.50. The van der Waals surface area contributed by atoms with E-state index in [0.717, 1.165) is 6.42 Å². The second-order valence-electron chi connectivity index (χ2n) is 4.79. The Bertz CT molecular complexity index is 622. The number of fused-ring (bicyclic) bond motifs is 1. The highest BCUT2D eigenvalue weighted by atomic mass is 32.2. The summed E-state index contributed by atoms with van der Waals surface area (Å²) >= 11 is 0. The van der Waals surface area contributed by atoms with Gasteiger partial charge in [-0.05, 0) is 19.1 Å². The molecule has 7 heteroatoms. The predicted molar refractivity (Wildman–Crippen MR) is 75.3 cm³/mol. The highest BCUT2D eigenvalue weighted by molar-refractivity contribution is 7.92. The van der Waals surface area contributed by atoms with Crippen LogP contribution in [0.2, 0.25) is 0 Å². The lowest BCUT2D eigenvalue weighted by molar-refractivity contribution is -0.140. The van der Waals surface area contributed by atoms with Gasteiger partial charge in [0.05, 0.1) is 36.9 Å². The Balaban J connectivity index is 2.28. The van der Waals surface area contributed by atoms with E-state index in [1.165, 1.54) is 26.2 Å². The summed E-state index contributed by atoms with van der Waals surface area (Å²) in [7, 11) is -2.39. The monoisotopic (exact) mass is 314 g/mol. The number of benzene rings is 1. The Kier molecular flexibility index (Phi) is 4.72. The molecule has 0 spiro atoms. The molecule has 6 nitrogen and oxygen atoms in total. The number of sulfone groups is 1. The van der Waals surface area contributed by atoms with Gasteiger partial charge in [0.1, 0.15) is 0 Å². The van der Waals surface area contributed by atoms with Gasteiger partial charge in [0.25, 0.3) is 0 Å². The van der Waals surface area contributed by atoms with E-state index >= 15 is 0 Å². The van der Waals surface area contributed by atoms with E-state index in [1.54, 1.807) is 6.07 Å². The summed E-state index contributed by atoms with van der Waals surface area (Å²) in [5, 5.41) is -0.866. The van der Waals surface area contributed by atoms with Crippen LogP contribution in [-0.4, -0.2) is 40.0 Å². The first-order valence-corrected chi connectivity index (χ1v) is 8.20. The quantitative estimate of drug-likeness (QED) is 0.785. The van der Waals surface area contributed by atoms with Crippen molar-refractivity contribution < 1.29 is 27.4 Å². The van der Waals surface area contributed by atoms with Crippen molar-refractivity contribution in [3.63, 3.8) is 0 Å². The van der Waals surface area contributed by atoms with Crippen molar-refractivity contribution in [3.8, 4) is 11.5 Å². The fourth-order valence-corrected chi connectivity index (χ4v) is 3.33. The Morgan fingerprint density at radius 3 is 2.62 bits per heavy atom. The van der Waals surface area contributed by atoms with Crippen LogP contribution in [0.5, 0.6) is 11.5 Å². The minimum atomic E-state index is -3.63. The molecule has 0 saturated heterocycles. The van der Waals surface area contributed by atoms with Crippen LogP contribution in [0.4, 0.5) is 0 Å². The van der Waals surface area contributed by atoms with Crippen molar-refractivity contribution in [3.05, 3.63) is 18.2 Å². The molecule has 2 rings (SSSR count). The normalized spacial score (nSPS) is 15.9. The van der Waals surface area contributed by atoms with E-state index in [9.17, 15) is 13.2 Å². The van der Waals surface area contributed by atoms with Gasteiger partial charge in [-0.25, -0.2) is 8.42 Å². The van der Waals surface area contributed by atoms with Crippen molar-refractivity contribution in [2.45, 2.75) is 29.9 Å². The third-order valence-electron chi connectivity index (χ3n) is 3.26. The van der Waals surface area contributed by atoms with Crippen LogP contribution >= 0.6 is 0 Å². The summed E-state index contributed by atoms with van der Waals surface area (Å²) in [6.45, 7) is 2.50. The van der Waals surface area contributed by atoms with Crippen LogP contribution in [0.25, 0.3) is 0 Å². The van der Waals surface area contributed by atoms with Gasteiger partial charge in [-0.15, -0.1) is 0 Å². The van der Waals surface area contributed by atoms with E-state index in [0.29, 0.717) is 24.7 Å². The smallest absolute Gasteiger partial charge is 0.306 e. The first kappa shape index (κ1) is 15.6. The van der Waals surface area contributed by atoms with Crippen LogP contribution in [0.15, 0.2) is 23.1 Å². The molecular weight excluding hydrogens is 296 g/mol. The van der Waals surface area contributed by atoms with Crippen LogP contribution in [0.1, 0.15) is 19.8 Å². The topological polar surface area (TPSA) is 78.9 Å². The molecule has 21 heavy (non-hydrogen) atoms. The molecule has 0 fully saturated rings. The van der Waals surface area contributed by atoms with E-state index < -0.39 is 21.1 Å². The number of esters is 1. The Morgan fingerprint density at radius 1 is 1.29 bits per heavy atom. The third kappa shape index (κ3) is 3.47. The minimum absolute atomic E-state index is 0.114. The molecule has 1 atom stereocenters. The Labute approximate surface area is 123 Å². The van der Waals surface area contributed by atoms with Crippen LogP contribution in [-0.2, 0) is 19.4 Å². The average Bonchev–Trinajstić information content (AvgIpc) is 2.71. The molecule has 0 amide bonds. The maximum Gasteiger partial charge on any atom is 0.306 e. The van der Waals surface area contributed by atoms with Gasteiger partial charge in [-0.1, -0.05) is 0 Å². The van der Waals surface area contributed by atoms with Crippen molar-refractivity contribution >= 4 is 15.8 Å². The van der Waals surface area contributed by atoms with Gasteiger partial charge in [-0.2, -0.15) is 0 Å². The van der Waals surface area contributed by atoms with Gasteiger partial charge < -0.3 is 14.2 Å². The van der Waals surface area contributed by atoms with Crippen molar-refractivity contribution in [1.82, 2.24) is 0 Å². The Hall–Kier alpha value is -1.76. The molecular formula is C14H18O6S. The van der Waals surface area contributed by atoms with Crippen molar-refractivity contribution in [1.29, 1.82) is 0 Å². The lowest BCUT2D eigenvalue weighted by Gasteiger charge is -2.14. The number of carbonyl (C=O) groups excluding carboxylic acids is 1. The molecule has 0 N–H and O–H groups in total. The first-order chi connectivity index (χ1) is 9.95. The SMILES string of the molecule is COC(=O)CC(C)S(=O)(=O)c1ccc2c(c1)OCCCO2. The van der Waals surface area contributed by atoms with Gasteiger partial charge in [-0.3, -0.25) is 4.79 Å². The molecule has 1 unspecified atom stereocenters. The molecule has 0 bridgehead atoms. The molecule has 1 aliphatic heterocycles. The summed E-state index contributed by atoms with van der Waals surface area (Å²) in [4.78, 5) is 11.4. The summed E-state index contributed by atoms with van der Waals surface area (Å²) in [6.07, 6.45) is 0.558. The third-order valence-corrected chi connectivity index (χ3v) is 5.40. The number of hydrogen-bond donors (Lipinski definition) is 0. The van der Waals surface area contributed by atoms with E-state index in [-0.39, 0.29) is 11.3 Å². The van der Waals surface area contributed by atoms with E-state index in [2.05, 4.69) is 4.74 Å². The van der Waals surface area contributed by atoms with E-state index in [4.69, 9.17) is 9.47 Å². The zero-order chi connectivity index (χ0) is 15.5. The minimum Gasteiger partial charge on any atom is -0.490 e. The number of rotatable bonds is 4. The molecule has 0 aliphatic carbocycles. The largest absolute Gasteiger partial charge is 0.490 e. The average molecular weight is 314 g/mol. The highest BCUT2D eigenvalue weighted by Crippen LogP contribution is 2.33. The summed E-state index contributed by atoms with van der Waals surface area (Å²) < 4.78 is 40.4. The van der Waals surface area contributed by atoms with Crippen LogP contribution in [0.3, 0.4) is 0 Å². The second-order valence-corrected chi connectivity index (χ2v) is 7.16. The molecule has 116 valence electrons. The molecule has 1 heterocycles. The van der Waals surface area contributed by atoms with Crippen LogP contribution < -0.4 is 9.47 Å². The standard InChI is InChI=1S/C14H18O6S/c1-10(8-14(15)18-2)21(16,17)11-4-5-12-13(9-11)20-7-3-6-19-12/h4-5,9-10H,3,6-8H2,1-2H3. The molecule has 1 aliphatic rings. The summed E-state index contributed by atoms with van der Waals surface area (Å²) in [5.41, 5.74) is 0. The number of carbonyl (C=O) groups is 1. The lowest BCUT2D eigenvalue weighted by atomic mass is 10.3. The zero-order valence-corrected chi connectivity index (χ0v) is 12.8. The van der Waals surface area contributed by atoms with Gasteiger partial charge in [0, 0.05) is 12.5 Å². The van der Waals surface area contributed by atoms with Crippen molar-refractivity contribution in [2.75, 3.05) is 20.3 Å². The fourth-order valence-electron chi connectivity index (χ4n) is 1.98. The fraction of sp³-hybridized carbons (Fsp3) is 0.500. The van der Waals surface area contributed by atoms with Gasteiger partial charge >= 0.3 is 5.97 Å². The molecule has 0 radical (unpaired) electrons. The number of methoxy groups -OCH3 is 1. The highest BCUT2D eigenvalue weighted by Gasteiger charge is 2.27. The maximum absolute atomic E-state index is 12.5. The first-order valence-electron chi connectivity index (χ1n) is 6.65. The van der Waals surface area contributed by atoms with Gasteiger partial charge in [0.2, 0.25) is 0 Å². The molecule has 0 aromatic heterocycles. The van der Waals surface area contributed by atoms with Gasteiger partial charge in [0.15, 0.2) is 21.3 Å². The maximum atomic E-state index is 12.5. The molecule has 1 aromatic carbocycles. The van der Waals surface area contributed by atoms with E-state index in [1.807, 2.05) is 0 Å². The van der Waals surface area contributed by atoms with Crippen molar-refractivity contribution in [2.24, 2.45) is 0 Å². The van der Waals surface area contributed by atoms with Crippen LogP contribution in [0, 0.1) is 0 Å². The molecule has 0 saturated carbocycles. The number of hydrogen-bond acceptors (Lipinski definition) is 6. The second kappa shape index (κ2) is 6.34. The zero-order valence-electron chi connectivity index (χ0n) is 12.0. The predicted octanol–water partition coefficient (Wildman–Crippen LogP) is 1.57. The molecule has 1 aromatic rings.